The maximum Gasteiger partial charge on any atom is 0.226 e. The first-order chi connectivity index (χ1) is 10.5. The monoisotopic (exact) mass is 304 g/mol. The minimum absolute atomic E-state index is 0.0841. The van der Waals surface area contributed by atoms with Gasteiger partial charge in [0.2, 0.25) is 11.8 Å². The van der Waals surface area contributed by atoms with E-state index in [9.17, 15) is 14.3 Å². The van der Waals surface area contributed by atoms with Gasteiger partial charge in [-0.25, -0.2) is 9.37 Å². The lowest BCUT2D eigenvalue weighted by molar-refractivity contribution is -0.122. The van der Waals surface area contributed by atoms with E-state index in [-0.39, 0.29) is 24.7 Å². The highest BCUT2D eigenvalue weighted by Gasteiger charge is 2.34. The molecule has 1 aliphatic carbocycles. The molecule has 0 atom stereocenters. The zero-order chi connectivity index (χ0) is 15.6. The van der Waals surface area contributed by atoms with E-state index < -0.39 is 5.60 Å². The van der Waals surface area contributed by atoms with Crippen LogP contribution in [-0.2, 0) is 11.2 Å². The second kappa shape index (κ2) is 5.88. The number of halogens is 1. The number of hydrogen-bond donors (Lipinski definition) is 2. The Morgan fingerprint density at radius 1 is 1.36 bits per heavy atom. The number of carbonyl (C=O) groups excluding carboxylic acids is 1. The van der Waals surface area contributed by atoms with Crippen molar-refractivity contribution in [3.05, 3.63) is 42.0 Å². The molecule has 22 heavy (non-hydrogen) atoms. The average Bonchev–Trinajstić information content (AvgIpc) is 2.92. The Labute approximate surface area is 127 Å². The summed E-state index contributed by atoms with van der Waals surface area (Å²) in [5, 5.41) is 12.6. The molecule has 1 aromatic carbocycles. The van der Waals surface area contributed by atoms with Gasteiger partial charge in [-0.2, -0.15) is 0 Å². The topological polar surface area (TPSA) is 75.4 Å². The first-order valence-electron chi connectivity index (χ1n) is 7.24. The normalized spacial score (nSPS) is 16.1. The molecular formula is C16H17FN2O3. The maximum absolute atomic E-state index is 12.9. The van der Waals surface area contributed by atoms with Crippen molar-refractivity contribution < 1.29 is 18.7 Å². The molecule has 1 aliphatic rings. The molecule has 0 aliphatic heterocycles. The SMILES string of the molecule is O=C(Cc1coc(-c2ccc(F)cc2)n1)NCC1(O)CCC1. The molecule has 5 nitrogen and oxygen atoms in total. The Hall–Kier alpha value is -2.21. The van der Waals surface area contributed by atoms with Crippen LogP contribution in [0.15, 0.2) is 34.9 Å². The lowest BCUT2D eigenvalue weighted by Crippen LogP contribution is -2.48. The fourth-order valence-corrected chi connectivity index (χ4v) is 2.37. The number of benzene rings is 1. The van der Waals surface area contributed by atoms with E-state index in [1.807, 2.05) is 0 Å². The van der Waals surface area contributed by atoms with Crippen molar-refractivity contribution in [3.63, 3.8) is 0 Å². The van der Waals surface area contributed by atoms with Crippen LogP contribution >= 0.6 is 0 Å². The van der Waals surface area contributed by atoms with Crippen LogP contribution in [0.4, 0.5) is 4.39 Å². The molecule has 0 bridgehead atoms. The predicted octanol–water partition coefficient (Wildman–Crippen LogP) is 2.05. The molecule has 116 valence electrons. The van der Waals surface area contributed by atoms with Gasteiger partial charge in [-0.15, -0.1) is 0 Å². The van der Waals surface area contributed by atoms with Crippen LogP contribution in [0, 0.1) is 5.82 Å². The summed E-state index contributed by atoms with van der Waals surface area (Å²) >= 11 is 0. The van der Waals surface area contributed by atoms with Crippen LogP contribution in [0.25, 0.3) is 11.5 Å². The first-order valence-corrected chi connectivity index (χ1v) is 7.24. The van der Waals surface area contributed by atoms with Crippen LogP contribution in [0.5, 0.6) is 0 Å². The van der Waals surface area contributed by atoms with E-state index in [1.165, 1.54) is 18.4 Å². The quantitative estimate of drug-likeness (QED) is 0.886. The highest BCUT2D eigenvalue weighted by atomic mass is 19.1. The standard InChI is InChI=1S/C16H17FN2O3/c17-12-4-2-11(3-5-12)15-19-13(9-22-15)8-14(20)18-10-16(21)6-1-7-16/h2-5,9,21H,1,6-8,10H2,(H,18,20). The molecule has 1 aromatic heterocycles. The minimum Gasteiger partial charge on any atom is -0.444 e. The third-order valence-electron chi connectivity index (χ3n) is 3.88. The van der Waals surface area contributed by atoms with Crippen molar-refractivity contribution in [3.8, 4) is 11.5 Å². The molecule has 0 spiro atoms. The third kappa shape index (κ3) is 3.33. The molecule has 1 fully saturated rings. The van der Waals surface area contributed by atoms with Crippen molar-refractivity contribution >= 4 is 5.91 Å². The molecule has 0 saturated heterocycles. The van der Waals surface area contributed by atoms with Crippen molar-refractivity contribution in [1.29, 1.82) is 0 Å². The summed E-state index contributed by atoms with van der Waals surface area (Å²) in [4.78, 5) is 16.1. The number of amides is 1. The number of nitrogens with zero attached hydrogens (tertiary/aromatic N) is 1. The van der Waals surface area contributed by atoms with Crippen molar-refractivity contribution in [1.82, 2.24) is 10.3 Å². The van der Waals surface area contributed by atoms with Gasteiger partial charge in [0.1, 0.15) is 12.1 Å². The number of rotatable bonds is 5. The van der Waals surface area contributed by atoms with E-state index in [0.717, 1.165) is 19.3 Å². The lowest BCUT2D eigenvalue weighted by Gasteiger charge is -2.36. The molecule has 1 amide bonds. The molecule has 2 aromatic rings. The van der Waals surface area contributed by atoms with Gasteiger partial charge in [0.05, 0.1) is 17.7 Å². The van der Waals surface area contributed by atoms with Gasteiger partial charge in [0.25, 0.3) is 0 Å². The highest BCUT2D eigenvalue weighted by molar-refractivity contribution is 5.78. The largest absolute Gasteiger partial charge is 0.444 e. The fourth-order valence-electron chi connectivity index (χ4n) is 2.37. The van der Waals surface area contributed by atoms with Crippen LogP contribution in [-0.4, -0.2) is 28.1 Å². The van der Waals surface area contributed by atoms with Gasteiger partial charge in [-0.1, -0.05) is 0 Å². The molecule has 0 unspecified atom stereocenters. The molecule has 2 N–H and O–H groups in total. The summed E-state index contributed by atoms with van der Waals surface area (Å²) < 4.78 is 18.2. The van der Waals surface area contributed by atoms with Crippen molar-refractivity contribution in [2.24, 2.45) is 0 Å². The Morgan fingerprint density at radius 3 is 2.73 bits per heavy atom. The van der Waals surface area contributed by atoms with E-state index >= 15 is 0 Å². The Morgan fingerprint density at radius 2 is 2.09 bits per heavy atom. The van der Waals surface area contributed by atoms with E-state index in [0.29, 0.717) is 17.1 Å². The Kier molecular flexibility index (Phi) is 3.94. The van der Waals surface area contributed by atoms with Gasteiger partial charge < -0.3 is 14.8 Å². The van der Waals surface area contributed by atoms with Crippen LogP contribution in [0.3, 0.4) is 0 Å². The number of hydrogen-bond acceptors (Lipinski definition) is 4. The Balaban J connectivity index is 1.57. The molecule has 1 saturated carbocycles. The lowest BCUT2D eigenvalue weighted by atomic mass is 9.80. The Bertz CT molecular complexity index is 662. The second-order valence-electron chi connectivity index (χ2n) is 5.68. The van der Waals surface area contributed by atoms with E-state index in [2.05, 4.69) is 10.3 Å². The number of aromatic nitrogens is 1. The summed E-state index contributed by atoms with van der Waals surface area (Å²) in [6.07, 6.45) is 3.95. The number of nitrogens with one attached hydrogen (secondary N) is 1. The van der Waals surface area contributed by atoms with E-state index in [1.54, 1.807) is 12.1 Å². The van der Waals surface area contributed by atoms with Crippen molar-refractivity contribution in [2.45, 2.75) is 31.3 Å². The van der Waals surface area contributed by atoms with Gasteiger partial charge in [0.15, 0.2) is 0 Å². The predicted molar refractivity (Wildman–Crippen MR) is 77.4 cm³/mol. The zero-order valence-electron chi connectivity index (χ0n) is 12.0. The molecule has 1 heterocycles. The first kappa shape index (κ1) is 14.7. The minimum atomic E-state index is -0.737. The summed E-state index contributed by atoms with van der Waals surface area (Å²) in [6, 6.07) is 5.78. The highest BCUT2D eigenvalue weighted by Crippen LogP contribution is 2.30. The molecule has 3 rings (SSSR count). The number of oxazole rings is 1. The average molecular weight is 304 g/mol. The molecular weight excluding hydrogens is 287 g/mol. The maximum atomic E-state index is 12.9. The van der Waals surface area contributed by atoms with Crippen molar-refractivity contribution in [2.75, 3.05) is 6.54 Å². The van der Waals surface area contributed by atoms with Gasteiger partial charge >= 0.3 is 0 Å². The smallest absolute Gasteiger partial charge is 0.226 e. The number of carbonyl (C=O) groups is 1. The second-order valence-corrected chi connectivity index (χ2v) is 5.68. The van der Waals surface area contributed by atoms with Crippen LogP contribution < -0.4 is 5.32 Å². The summed E-state index contributed by atoms with van der Waals surface area (Å²) in [6.45, 7) is 0.272. The number of aliphatic hydroxyl groups is 1. The third-order valence-corrected chi connectivity index (χ3v) is 3.88. The molecule has 6 heteroatoms. The summed E-state index contributed by atoms with van der Waals surface area (Å²) in [7, 11) is 0. The van der Waals surface area contributed by atoms with Crippen LogP contribution in [0.2, 0.25) is 0 Å². The van der Waals surface area contributed by atoms with Crippen LogP contribution in [0.1, 0.15) is 25.0 Å². The summed E-state index contributed by atoms with van der Waals surface area (Å²) in [5.74, 6) is -0.191. The summed E-state index contributed by atoms with van der Waals surface area (Å²) in [5.41, 5.74) is 0.410. The van der Waals surface area contributed by atoms with Gasteiger partial charge in [-0.3, -0.25) is 4.79 Å². The molecule has 0 radical (unpaired) electrons. The van der Waals surface area contributed by atoms with E-state index in [4.69, 9.17) is 4.42 Å². The van der Waals surface area contributed by atoms with Gasteiger partial charge in [0, 0.05) is 12.1 Å². The fraction of sp³-hybridized carbons (Fsp3) is 0.375. The zero-order valence-corrected chi connectivity index (χ0v) is 12.0. The van der Waals surface area contributed by atoms with Gasteiger partial charge in [-0.05, 0) is 43.5 Å².